The first kappa shape index (κ1) is 16.3. The number of morpholine rings is 1. The lowest BCUT2D eigenvalue weighted by atomic mass is 9.96. The monoisotopic (exact) mass is 389 g/mol. The van der Waals surface area contributed by atoms with Crippen molar-refractivity contribution in [2.45, 2.75) is 12.8 Å². The van der Waals surface area contributed by atoms with Gasteiger partial charge in [0.25, 0.3) is 0 Å². The number of nitrogens with zero attached hydrogens (tertiary/aromatic N) is 3. The summed E-state index contributed by atoms with van der Waals surface area (Å²) in [5, 5.41) is 1.19. The summed E-state index contributed by atoms with van der Waals surface area (Å²) in [4.78, 5) is 9.90. The van der Waals surface area contributed by atoms with Gasteiger partial charge in [0, 0.05) is 42.6 Å². The van der Waals surface area contributed by atoms with Crippen molar-refractivity contribution >= 4 is 32.7 Å². The molecule has 0 radical (unpaired) electrons. The van der Waals surface area contributed by atoms with Crippen LogP contribution in [0.1, 0.15) is 12.8 Å². The normalized spacial score (nSPS) is 20.6. The minimum atomic E-state index is 0.812. The van der Waals surface area contributed by atoms with Gasteiger partial charge in [-0.3, -0.25) is 4.90 Å². The second kappa shape index (κ2) is 7.38. The summed E-state index contributed by atoms with van der Waals surface area (Å²) in [5.74, 6) is 1.92. The number of benzene rings is 1. The van der Waals surface area contributed by atoms with Gasteiger partial charge in [-0.1, -0.05) is 12.1 Å². The molecule has 0 aliphatic carbocycles. The van der Waals surface area contributed by atoms with Gasteiger partial charge >= 0.3 is 0 Å². The van der Waals surface area contributed by atoms with E-state index in [4.69, 9.17) is 9.72 Å². The highest BCUT2D eigenvalue weighted by molar-refractivity contribution is 9.10. The van der Waals surface area contributed by atoms with E-state index in [0.717, 1.165) is 61.1 Å². The molecule has 1 aromatic carbocycles. The lowest BCUT2D eigenvalue weighted by Gasteiger charge is -2.36. The van der Waals surface area contributed by atoms with Crippen molar-refractivity contribution in [2.24, 2.45) is 5.92 Å². The Morgan fingerprint density at radius 2 is 1.83 bits per heavy atom. The minimum absolute atomic E-state index is 0.812. The van der Waals surface area contributed by atoms with Gasteiger partial charge in [-0.25, -0.2) is 4.98 Å². The van der Waals surface area contributed by atoms with E-state index >= 15 is 0 Å². The van der Waals surface area contributed by atoms with Crippen molar-refractivity contribution in [3.8, 4) is 0 Å². The van der Waals surface area contributed by atoms with E-state index < -0.39 is 0 Å². The summed E-state index contributed by atoms with van der Waals surface area (Å²) >= 11 is 3.62. The predicted molar refractivity (Wildman–Crippen MR) is 102 cm³/mol. The van der Waals surface area contributed by atoms with E-state index in [1.165, 1.54) is 24.8 Å². The third-order valence-electron chi connectivity index (χ3n) is 5.21. The van der Waals surface area contributed by atoms with Crippen molar-refractivity contribution in [3.63, 3.8) is 0 Å². The maximum atomic E-state index is 5.45. The zero-order valence-electron chi connectivity index (χ0n) is 14.0. The second-order valence-electron chi connectivity index (χ2n) is 6.82. The van der Waals surface area contributed by atoms with Crippen molar-refractivity contribution in [2.75, 3.05) is 50.8 Å². The van der Waals surface area contributed by atoms with Gasteiger partial charge in [0.2, 0.25) is 0 Å². The maximum absolute atomic E-state index is 5.45. The molecule has 2 aliphatic rings. The predicted octanol–water partition coefficient (Wildman–Crippen LogP) is 3.55. The molecule has 2 fully saturated rings. The SMILES string of the molecule is Brc1cccc2ccc(N3CCC(CN4CCOCC4)CC3)nc12. The van der Waals surface area contributed by atoms with Crippen LogP contribution in [0, 0.1) is 5.92 Å². The summed E-state index contributed by atoms with van der Waals surface area (Å²) in [7, 11) is 0. The number of pyridine rings is 1. The molecule has 0 spiro atoms. The molecule has 0 amide bonds. The van der Waals surface area contributed by atoms with E-state index in [1.807, 2.05) is 0 Å². The lowest BCUT2D eigenvalue weighted by molar-refractivity contribution is 0.0289. The van der Waals surface area contributed by atoms with Crippen LogP contribution in [0.3, 0.4) is 0 Å². The summed E-state index contributed by atoms with van der Waals surface area (Å²) in [6.07, 6.45) is 2.51. The number of halogens is 1. The number of fused-ring (bicyclic) bond motifs is 1. The van der Waals surface area contributed by atoms with Crippen LogP contribution >= 0.6 is 15.9 Å². The van der Waals surface area contributed by atoms with E-state index in [-0.39, 0.29) is 0 Å². The highest BCUT2D eigenvalue weighted by atomic mass is 79.9. The topological polar surface area (TPSA) is 28.6 Å². The molecule has 2 aliphatic heterocycles. The fourth-order valence-electron chi connectivity index (χ4n) is 3.77. The van der Waals surface area contributed by atoms with Gasteiger partial charge in [0.15, 0.2) is 0 Å². The molecule has 24 heavy (non-hydrogen) atoms. The molecule has 4 nitrogen and oxygen atoms in total. The van der Waals surface area contributed by atoms with Crippen LogP contribution in [0.15, 0.2) is 34.8 Å². The number of ether oxygens (including phenoxy) is 1. The molecule has 0 saturated carbocycles. The highest BCUT2D eigenvalue weighted by Gasteiger charge is 2.23. The molecule has 4 rings (SSSR count). The largest absolute Gasteiger partial charge is 0.379 e. The first-order valence-electron chi connectivity index (χ1n) is 8.90. The summed E-state index contributed by atoms with van der Waals surface area (Å²) in [6.45, 7) is 7.44. The standard InChI is InChI=1S/C19H24BrN3O/c20-17-3-1-2-16-4-5-18(21-19(16)17)23-8-6-15(7-9-23)14-22-10-12-24-13-11-22/h1-5,15H,6-14H2. The minimum Gasteiger partial charge on any atom is -0.379 e. The van der Waals surface area contributed by atoms with Crippen LogP contribution in [-0.2, 0) is 4.74 Å². The van der Waals surface area contributed by atoms with E-state index in [9.17, 15) is 0 Å². The Morgan fingerprint density at radius 1 is 1.04 bits per heavy atom. The molecule has 2 saturated heterocycles. The van der Waals surface area contributed by atoms with E-state index in [0.29, 0.717) is 0 Å². The van der Waals surface area contributed by atoms with Crippen LogP contribution < -0.4 is 4.90 Å². The fourth-order valence-corrected chi connectivity index (χ4v) is 4.24. The zero-order valence-corrected chi connectivity index (χ0v) is 15.5. The van der Waals surface area contributed by atoms with Gasteiger partial charge in [-0.05, 0) is 52.9 Å². The quantitative estimate of drug-likeness (QED) is 0.802. The number of para-hydroxylation sites is 1. The Hall–Kier alpha value is -1.17. The van der Waals surface area contributed by atoms with Gasteiger partial charge in [0.1, 0.15) is 5.82 Å². The van der Waals surface area contributed by atoms with Crippen molar-refractivity contribution in [3.05, 3.63) is 34.8 Å². The van der Waals surface area contributed by atoms with Crippen LogP contribution in [0.5, 0.6) is 0 Å². The van der Waals surface area contributed by atoms with Gasteiger partial charge in [-0.2, -0.15) is 0 Å². The Kier molecular flexibility index (Phi) is 5.01. The molecule has 0 N–H and O–H groups in total. The number of piperidine rings is 1. The highest BCUT2D eigenvalue weighted by Crippen LogP contribution is 2.27. The number of hydrogen-bond acceptors (Lipinski definition) is 4. The fraction of sp³-hybridized carbons (Fsp3) is 0.526. The third-order valence-corrected chi connectivity index (χ3v) is 5.85. The van der Waals surface area contributed by atoms with Gasteiger partial charge in [-0.15, -0.1) is 0 Å². The number of anilines is 1. The third kappa shape index (κ3) is 3.58. The molecular weight excluding hydrogens is 366 g/mol. The van der Waals surface area contributed by atoms with Crippen LogP contribution in [-0.4, -0.2) is 55.8 Å². The number of rotatable bonds is 3. The summed E-state index contributed by atoms with van der Waals surface area (Å²) in [6, 6.07) is 10.6. The Labute approximate surface area is 151 Å². The maximum Gasteiger partial charge on any atom is 0.129 e. The van der Waals surface area contributed by atoms with Crippen molar-refractivity contribution < 1.29 is 4.74 Å². The second-order valence-corrected chi connectivity index (χ2v) is 7.68. The average molecular weight is 390 g/mol. The Balaban J connectivity index is 1.39. The van der Waals surface area contributed by atoms with E-state index in [2.05, 4.69) is 56.1 Å². The molecule has 5 heteroatoms. The Bertz CT molecular complexity index is 694. The van der Waals surface area contributed by atoms with Gasteiger partial charge in [0.05, 0.1) is 18.7 Å². The molecule has 3 heterocycles. The molecule has 2 aromatic rings. The average Bonchev–Trinajstić information content (AvgIpc) is 2.63. The molecule has 0 bridgehead atoms. The molecular formula is C19H24BrN3O. The van der Waals surface area contributed by atoms with Crippen LogP contribution in [0.25, 0.3) is 10.9 Å². The first-order valence-corrected chi connectivity index (χ1v) is 9.69. The summed E-state index contributed by atoms with van der Waals surface area (Å²) in [5.41, 5.74) is 1.06. The van der Waals surface area contributed by atoms with Crippen LogP contribution in [0.4, 0.5) is 5.82 Å². The number of aromatic nitrogens is 1. The van der Waals surface area contributed by atoms with Crippen LogP contribution in [0.2, 0.25) is 0 Å². The molecule has 0 atom stereocenters. The van der Waals surface area contributed by atoms with Crippen molar-refractivity contribution in [1.29, 1.82) is 0 Å². The first-order chi connectivity index (χ1) is 11.8. The van der Waals surface area contributed by atoms with E-state index in [1.54, 1.807) is 0 Å². The van der Waals surface area contributed by atoms with Crippen molar-refractivity contribution in [1.82, 2.24) is 9.88 Å². The van der Waals surface area contributed by atoms with Gasteiger partial charge < -0.3 is 9.64 Å². The zero-order chi connectivity index (χ0) is 16.4. The summed E-state index contributed by atoms with van der Waals surface area (Å²) < 4.78 is 6.52. The number of hydrogen-bond donors (Lipinski definition) is 0. The lowest BCUT2D eigenvalue weighted by Crippen LogP contribution is -2.43. The molecule has 128 valence electrons. The molecule has 0 unspecified atom stereocenters. The molecule has 1 aromatic heterocycles. The Morgan fingerprint density at radius 3 is 2.62 bits per heavy atom. The smallest absolute Gasteiger partial charge is 0.129 e.